The minimum atomic E-state index is -3.44. The minimum Gasteiger partial charge on any atom is -0.369 e. The van der Waals surface area contributed by atoms with E-state index in [1.807, 2.05) is 12.1 Å². The van der Waals surface area contributed by atoms with E-state index >= 15 is 0 Å². The number of piperazine rings is 1. The molecule has 3 rings (SSSR count). The fourth-order valence-corrected chi connectivity index (χ4v) is 3.90. The molecular formula is C20H25ClN4O3S. The molecule has 1 saturated heterocycles. The highest BCUT2D eigenvalue weighted by atomic mass is 35.5. The molecule has 0 aliphatic carbocycles. The van der Waals surface area contributed by atoms with Crippen LogP contribution < -0.4 is 14.9 Å². The van der Waals surface area contributed by atoms with Crippen LogP contribution in [0.25, 0.3) is 0 Å². The fourth-order valence-electron chi connectivity index (χ4n) is 3.14. The number of carbonyl (C=O) groups excluding carboxylic acids is 1. The molecule has 0 spiro atoms. The van der Waals surface area contributed by atoms with Crippen molar-refractivity contribution in [2.75, 3.05) is 49.1 Å². The quantitative estimate of drug-likeness (QED) is 0.726. The molecule has 2 aromatic carbocycles. The number of anilines is 2. The van der Waals surface area contributed by atoms with Crippen LogP contribution in [-0.4, -0.2) is 58.7 Å². The van der Waals surface area contributed by atoms with Gasteiger partial charge < -0.3 is 15.1 Å². The lowest BCUT2D eigenvalue weighted by molar-refractivity contribution is 0.0951. The average molecular weight is 437 g/mol. The standard InChI is InChI=1S/C20H25ClN4O3S/c1-24-9-11-25(12-10-24)17-6-3-15(4-7-17)14-22-20(26)18-13-16(5-8-19(18)21)23-29(2,27)28/h3-8,13,23H,9-12,14H2,1-2H3,(H,22,26). The van der Waals surface area contributed by atoms with Gasteiger partial charge in [-0.05, 0) is 42.9 Å². The number of benzene rings is 2. The minimum absolute atomic E-state index is 0.217. The Balaban J connectivity index is 1.61. The number of carbonyl (C=O) groups is 1. The van der Waals surface area contributed by atoms with Crippen LogP contribution >= 0.6 is 11.6 Å². The van der Waals surface area contributed by atoms with E-state index in [2.05, 4.69) is 39.0 Å². The van der Waals surface area contributed by atoms with Crippen LogP contribution in [-0.2, 0) is 16.6 Å². The maximum Gasteiger partial charge on any atom is 0.253 e. The van der Waals surface area contributed by atoms with E-state index in [4.69, 9.17) is 11.6 Å². The van der Waals surface area contributed by atoms with E-state index < -0.39 is 10.0 Å². The van der Waals surface area contributed by atoms with Crippen LogP contribution in [0.15, 0.2) is 42.5 Å². The summed E-state index contributed by atoms with van der Waals surface area (Å²) < 4.78 is 25.1. The molecule has 1 fully saturated rings. The molecule has 7 nitrogen and oxygen atoms in total. The molecule has 9 heteroatoms. The van der Waals surface area contributed by atoms with Crippen molar-refractivity contribution in [1.29, 1.82) is 0 Å². The number of hydrogen-bond acceptors (Lipinski definition) is 5. The fraction of sp³-hybridized carbons (Fsp3) is 0.350. The van der Waals surface area contributed by atoms with Crippen LogP contribution in [0.2, 0.25) is 5.02 Å². The first-order chi connectivity index (χ1) is 13.7. The smallest absolute Gasteiger partial charge is 0.253 e. The second-order valence-corrected chi connectivity index (χ2v) is 9.36. The molecule has 0 aromatic heterocycles. The normalized spacial score (nSPS) is 15.2. The predicted molar refractivity (Wildman–Crippen MR) is 117 cm³/mol. The number of nitrogens with zero attached hydrogens (tertiary/aromatic N) is 2. The molecule has 1 aliphatic heterocycles. The second-order valence-electron chi connectivity index (χ2n) is 7.21. The van der Waals surface area contributed by atoms with Gasteiger partial charge in [-0.3, -0.25) is 9.52 Å². The van der Waals surface area contributed by atoms with Gasteiger partial charge in [-0.1, -0.05) is 23.7 Å². The summed E-state index contributed by atoms with van der Waals surface area (Å²) in [6, 6.07) is 12.6. The maximum absolute atomic E-state index is 12.5. The Labute approximate surface area is 176 Å². The lowest BCUT2D eigenvalue weighted by atomic mass is 10.1. The van der Waals surface area contributed by atoms with Gasteiger partial charge in [0.15, 0.2) is 0 Å². The number of rotatable bonds is 6. The second kappa shape index (κ2) is 9.02. The van der Waals surface area contributed by atoms with E-state index in [1.165, 1.54) is 23.9 Å². The highest BCUT2D eigenvalue weighted by Crippen LogP contribution is 2.22. The third kappa shape index (κ3) is 6.09. The summed E-state index contributed by atoms with van der Waals surface area (Å²) in [5.41, 5.74) is 2.65. The number of nitrogens with one attached hydrogen (secondary N) is 2. The molecule has 29 heavy (non-hydrogen) atoms. The topological polar surface area (TPSA) is 81.8 Å². The molecular weight excluding hydrogens is 412 g/mol. The molecule has 2 aromatic rings. The Morgan fingerprint density at radius 3 is 2.34 bits per heavy atom. The Hall–Kier alpha value is -2.29. The zero-order valence-electron chi connectivity index (χ0n) is 16.5. The van der Waals surface area contributed by atoms with Gasteiger partial charge in [0.2, 0.25) is 10.0 Å². The van der Waals surface area contributed by atoms with Crippen molar-refractivity contribution < 1.29 is 13.2 Å². The van der Waals surface area contributed by atoms with Gasteiger partial charge >= 0.3 is 0 Å². The molecule has 1 aliphatic rings. The van der Waals surface area contributed by atoms with Crippen LogP contribution in [0.3, 0.4) is 0 Å². The van der Waals surface area contributed by atoms with Gasteiger partial charge in [0.05, 0.1) is 16.8 Å². The Morgan fingerprint density at radius 1 is 1.07 bits per heavy atom. The zero-order chi connectivity index (χ0) is 21.0. The summed E-state index contributed by atoms with van der Waals surface area (Å²) in [6.45, 7) is 4.45. The summed E-state index contributed by atoms with van der Waals surface area (Å²) in [5.74, 6) is -0.365. The molecule has 156 valence electrons. The number of likely N-dealkylation sites (N-methyl/N-ethyl adjacent to an activating group) is 1. The Morgan fingerprint density at radius 2 is 1.72 bits per heavy atom. The van der Waals surface area contributed by atoms with Crippen molar-refractivity contribution in [3.8, 4) is 0 Å². The number of amides is 1. The van der Waals surface area contributed by atoms with Crippen LogP contribution in [0, 0.1) is 0 Å². The first-order valence-electron chi connectivity index (χ1n) is 9.29. The van der Waals surface area contributed by atoms with Crippen molar-refractivity contribution in [1.82, 2.24) is 10.2 Å². The molecule has 1 amide bonds. The predicted octanol–water partition coefficient (Wildman–Crippen LogP) is 2.39. The first-order valence-corrected chi connectivity index (χ1v) is 11.6. The van der Waals surface area contributed by atoms with Crippen molar-refractivity contribution in [3.05, 3.63) is 58.6 Å². The highest BCUT2D eigenvalue weighted by Gasteiger charge is 2.15. The van der Waals surface area contributed by atoms with Crippen molar-refractivity contribution in [2.45, 2.75) is 6.54 Å². The number of halogens is 1. The van der Waals surface area contributed by atoms with Gasteiger partial charge in [0.1, 0.15) is 0 Å². The van der Waals surface area contributed by atoms with E-state index in [9.17, 15) is 13.2 Å². The van der Waals surface area contributed by atoms with Crippen molar-refractivity contribution in [2.24, 2.45) is 0 Å². The number of sulfonamides is 1. The molecule has 0 saturated carbocycles. The van der Waals surface area contributed by atoms with Crippen molar-refractivity contribution in [3.63, 3.8) is 0 Å². The number of hydrogen-bond donors (Lipinski definition) is 2. The van der Waals surface area contributed by atoms with Crippen LogP contribution in [0.5, 0.6) is 0 Å². The SMILES string of the molecule is CN1CCN(c2ccc(CNC(=O)c3cc(NS(C)(=O)=O)ccc3Cl)cc2)CC1. The largest absolute Gasteiger partial charge is 0.369 e. The molecule has 0 bridgehead atoms. The molecule has 1 heterocycles. The molecule has 0 unspecified atom stereocenters. The summed E-state index contributed by atoms with van der Waals surface area (Å²) in [6.07, 6.45) is 1.05. The lowest BCUT2D eigenvalue weighted by Gasteiger charge is -2.34. The first kappa shape index (κ1) is 21.4. The lowest BCUT2D eigenvalue weighted by Crippen LogP contribution is -2.44. The van der Waals surface area contributed by atoms with Gasteiger partial charge in [0, 0.05) is 44.1 Å². The van der Waals surface area contributed by atoms with Gasteiger partial charge in [-0.15, -0.1) is 0 Å². The van der Waals surface area contributed by atoms with Gasteiger partial charge in [-0.2, -0.15) is 0 Å². The van der Waals surface area contributed by atoms with Crippen LogP contribution in [0.4, 0.5) is 11.4 Å². The summed E-state index contributed by atoms with van der Waals surface area (Å²) in [7, 11) is -1.31. The third-order valence-electron chi connectivity index (χ3n) is 4.77. The van der Waals surface area contributed by atoms with Gasteiger partial charge in [-0.25, -0.2) is 8.42 Å². The van der Waals surface area contributed by atoms with Crippen LogP contribution in [0.1, 0.15) is 15.9 Å². The van der Waals surface area contributed by atoms with E-state index in [1.54, 1.807) is 0 Å². The zero-order valence-corrected chi connectivity index (χ0v) is 18.1. The molecule has 0 radical (unpaired) electrons. The monoisotopic (exact) mass is 436 g/mol. The highest BCUT2D eigenvalue weighted by molar-refractivity contribution is 7.92. The van der Waals surface area contributed by atoms with E-state index in [0.29, 0.717) is 12.2 Å². The summed E-state index contributed by atoms with van der Waals surface area (Å²) in [4.78, 5) is 17.2. The molecule has 0 atom stereocenters. The summed E-state index contributed by atoms with van der Waals surface area (Å²) >= 11 is 6.11. The Kier molecular flexibility index (Phi) is 6.66. The third-order valence-corrected chi connectivity index (χ3v) is 5.71. The van der Waals surface area contributed by atoms with Crippen molar-refractivity contribution >= 4 is 38.9 Å². The van der Waals surface area contributed by atoms with E-state index in [0.717, 1.165) is 38.0 Å². The Bertz CT molecular complexity index is 972. The summed E-state index contributed by atoms with van der Waals surface area (Å²) in [5, 5.41) is 3.09. The molecule has 2 N–H and O–H groups in total. The van der Waals surface area contributed by atoms with Gasteiger partial charge in [0.25, 0.3) is 5.91 Å². The maximum atomic E-state index is 12.5. The average Bonchev–Trinajstić information content (AvgIpc) is 2.67. The van der Waals surface area contributed by atoms with E-state index in [-0.39, 0.29) is 16.5 Å².